The number of alkyl halides is 3. The summed E-state index contributed by atoms with van der Waals surface area (Å²) in [5.74, 6) is -1.45. The third-order valence-corrected chi connectivity index (χ3v) is 3.69. The molecular weight excluding hydrogens is 309 g/mol. The second-order valence-electron chi connectivity index (χ2n) is 5.25. The van der Waals surface area contributed by atoms with Gasteiger partial charge in [0.1, 0.15) is 0 Å². The fraction of sp³-hybridized carbons (Fsp3) is 0.125. The highest BCUT2D eigenvalue weighted by molar-refractivity contribution is 6.34. The van der Waals surface area contributed by atoms with Crippen LogP contribution in [-0.4, -0.2) is 11.8 Å². The van der Waals surface area contributed by atoms with Gasteiger partial charge < -0.3 is 5.73 Å². The molecule has 0 radical (unpaired) electrons. The summed E-state index contributed by atoms with van der Waals surface area (Å²) in [6.07, 6.45) is -4.58. The lowest BCUT2D eigenvalue weighted by molar-refractivity contribution is -0.137. The van der Waals surface area contributed by atoms with Crippen LogP contribution in [0.2, 0.25) is 0 Å². The second-order valence-corrected chi connectivity index (χ2v) is 5.25. The van der Waals surface area contributed by atoms with Crippen LogP contribution in [0, 0.1) is 6.92 Å². The van der Waals surface area contributed by atoms with Crippen LogP contribution in [0.3, 0.4) is 0 Å². The van der Waals surface area contributed by atoms with Gasteiger partial charge in [-0.3, -0.25) is 9.59 Å². The minimum Gasteiger partial charge on any atom is -0.399 e. The van der Waals surface area contributed by atoms with E-state index in [1.807, 2.05) is 0 Å². The Balaban J connectivity index is 2.12. The monoisotopic (exact) mass is 320 g/mol. The van der Waals surface area contributed by atoms with Gasteiger partial charge in [0.25, 0.3) is 11.8 Å². The van der Waals surface area contributed by atoms with Gasteiger partial charge in [-0.15, -0.1) is 0 Å². The minimum absolute atomic E-state index is 0.0511. The molecule has 0 saturated carbocycles. The Morgan fingerprint density at radius 2 is 1.61 bits per heavy atom. The Hall–Kier alpha value is -2.83. The third-order valence-electron chi connectivity index (χ3n) is 3.69. The number of aryl methyl sites for hydroxylation is 1. The molecule has 0 bridgehead atoms. The van der Waals surface area contributed by atoms with Crippen molar-refractivity contribution in [2.45, 2.75) is 13.1 Å². The van der Waals surface area contributed by atoms with Gasteiger partial charge in [0.05, 0.1) is 22.4 Å². The van der Waals surface area contributed by atoms with E-state index in [0.717, 1.165) is 17.0 Å². The number of nitrogen functional groups attached to an aromatic ring is 1. The Kier molecular flexibility index (Phi) is 3.17. The van der Waals surface area contributed by atoms with Crippen LogP contribution < -0.4 is 10.6 Å². The summed E-state index contributed by atoms with van der Waals surface area (Å²) in [6.45, 7) is 1.68. The van der Waals surface area contributed by atoms with Gasteiger partial charge >= 0.3 is 6.18 Å². The molecule has 0 saturated heterocycles. The molecule has 23 heavy (non-hydrogen) atoms. The normalized spacial score (nSPS) is 14.3. The smallest absolute Gasteiger partial charge is 0.399 e. The van der Waals surface area contributed by atoms with E-state index in [1.54, 1.807) is 19.1 Å². The Morgan fingerprint density at radius 3 is 2.26 bits per heavy atom. The van der Waals surface area contributed by atoms with Crippen molar-refractivity contribution in [3.05, 3.63) is 58.7 Å². The summed E-state index contributed by atoms with van der Waals surface area (Å²) in [6, 6.07) is 7.22. The summed E-state index contributed by atoms with van der Waals surface area (Å²) in [7, 11) is 0. The van der Waals surface area contributed by atoms with Crippen LogP contribution in [0.15, 0.2) is 36.4 Å². The molecule has 0 aromatic heterocycles. The van der Waals surface area contributed by atoms with Gasteiger partial charge in [-0.2, -0.15) is 13.2 Å². The number of amides is 2. The Morgan fingerprint density at radius 1 is 0.957 bits per heavy atom. The highest BCUT2D eigenvalue weighted by atomic mass is 19.4. The first-order valence-electron chi connectivity index (χ1n) is 6.66. The number of hydrogen-bond acceptors (Lipinski definition) is 3. The van der Waals surface area contributed by atoms with Crippen LogP contribution >= 0.6 is 0 Å². The zero-order valence-corrected chi connectivity index (χ0v) is 11.9. The van der Waals surface area contributed by atoms with Gasteiger partial charge in [-0.05, 0) is 42.8 Å². The van der Waals surface area contributed by atoms with Crippen LogP contribution in [0.25, 0.3) is 0 Å². The molecule has 0 aliphatic carbocycles. The van der Waals surface area contributed by atoms with Crippen molar-refractivity contribution in [3.8, 4) is 0 Å². The minimum atomic E-state index is -4.58. The van der Waals surface area contributed by atoms with Crippen molar-refractivity contribution in [1.82, 2.24) is 0 Å². The van der Waals surface area contributed by atoms with E-state index in [4.69, 9.17) is 5.73 Å². The fourth-order valence-corrected chi connectivity index (χ4v) is 2.50. The van der Waals surface area contributed by atoms with E-state index in [9.17, 15) is 22.8 Å². The van der Waals surface area contributed by atoms with Crippen LogP contribution in [0.1, 0.15) is 31.8 Å². The molecule has 1 heterocycles. The second kappa shape index (κ2) is 4.84. The first-order chi connectivity index (χ1) is 10.7. The number of rotatable bonds is 1. The highest BCUT2D eigenvalue weighted by Gasteiger charge is 2.40. The quantitative estimate of drug-likeness (QED) is 0.647. The van der Waals surface area contributed by atoms with E-state index in [0.29, 0.717) is 17.3 Å². The molecule has 4 nitrogen and oxygen atoms in total. The van der Waals surface area contributed by atoms with Crippen molar-refractivity contribution < 1.29 is 22.8 Å². The van der Waals surface area contributed by atoms with Crippen LogP contribution in [0.5, 0.6) is 0 Å². The average Bonchev–Trinajstić information content (AvgIpc) is 2.72. The maximum absolute atomic E-state index is 12.8. The Bertz CT molecular complexity index is 844. The highest BCUT2D eigenvalue weighted by Crippen LogP contribution is 2.36. The molecule has 2 aromatic carbocycles. The predicted molar refractivity (Wildman–Crippen MR) is 78.2 cm³/mol. The number of carbonyl (C=O) groups is 2. The van der Waals surface area contributed by atoms with Crippen LogP contribution in [-0.2, 0) is 6.18 Å². The fourth-order valence-electron chi connectivity index (χ4n) is 2.50. The number of benzene rings is 2. The number of imide groups is 1. The van der Waals surface area contributed by atoms with Gasteiger partial charge in [-0.1, -0.05) is 6.07 Å². The third kappa shape index (κ3) is 2.34. The maximum Gasteiger partial charge on any atom is 0.416 e. The Labute approximate surface area is 129 Å². The molecule has 0 spiro atoms. The lowest BCUT2D eigenvalue weighted by Gasteiger charge is -2.17. The summed E-state index contributed by atoms with van der Waals surface area (Å²) in [4.78, 5) is 25.7. The lowest BCUT2D eigenvalue weighted by Crippen LogP contribution is -2.30. The zero-order chi connectivity index (χ0) is 16.9. The summed E-state index contributed by atoms with van der Waals surface area (Å²) >= 11 is 0. The number of nitrogens with two attached hydrogens (primary N) is 1. The lowest BCUT2D eigenvalue weighted by atomic mass is 10.1. The number of fused-ring (bicyclic) bond motifs is 1. The number of carbonyl (C=O) groups excluding carboxylic acids is 2. The SMILES string of the molecule is Cc1ccc(N)cc1N1C(=O)c2ccc(C(F)(F)F)cc2C1=O. The molecule has 2 N–H and O–H groups in total. The summed E-state index contributed by atoms with van der Waals surface area (Å²) in [5.41, 5.74) is 5.63. The standard InChI is InChI=1S/C16H11F3N2O2/c1-8-2-4-10(20)7-13(8)21-14(22)11-5-3-9(16(17,18)19)6-12(11)15(21)23/h2-7H,20H2,1H3. The number of halogens is 3. The molecule has 0 fully saturated rings. The average molecular weight is 320 g/mol. The van der Waals surface area contributed by atoms with Crippen molar-refractivity contribution >= 4 is 23.2 Å². The zero-order valence-electron chi connectivity index (χ0n) is 11.9. The van der Waals surface area contributed by atoms with E-state index in [1.165, 1.54) is 6.07 Å². The molecule has 0 atom stereocenters. The summed E-state index contributed by atoms with van der Waals surface area (Å²) < 4.78 is 38.4. The molecule has 3 rings (SSSR count). The van der Waals surface area contributed by atoms with E-state index in [-0.39, 0.29) is 16.8 Å². The molecule has 2 aromatic rings. The van der Waals surface area contributed by atoms with Crippen molar-refractivity contribution in [2.24, 2.45) is 0 Å². The molecule has 1 aliphatic rings. The molecular formula is C16H11F3N2O2. The van der Waals surface area contributed by atoms with E-state index in [2.05, 4.69) is 0 Å². The van der Waals surface area contributed by atoms with Gasteiger partial charge in [-0.25, -0.2) is 4.90 Å². The molecule has 118 valence electrons. The summed E-state index contributed by atoms with van der Waals surface area (Å²) in [5, 5.41) is 0. The van der Waals surface area contributed by atoms with Gasteiger partial charge in [0.15, 0.2) is 0 Å². The molecule has 1 aliphatic heterocycles. The van der Waals surface area contributed by atoms with Crippen LogP contribution in [0.4, 0.5) is 24.5 Å². The largest absolute Gasteiger partial charge is 0.416 e. The molecule has 7 heteroatoms. The predicted octanol–water partition coefficient (Wildman–Crippen LogP) is 3.40. The number of hydrogen-bond donors (Lipinski definition) is 1. The van der Waals surface area contributed by atoms with E-state index >= 15 is 0 Å². The maximum atomic E-state index is 12.8. The first-order valence-corrected chi connectivity index (χ1v) is 6.66. The first kappa shape index (κ1) is 15.1. The van der Waals surface area contributed by atoms with Crippen molar-refractivity contribution in [2.75, 3.05) is 10.6 Å². The molecule has 0 unspecified atom stereocenters. The van der Waals surface area contributed by atoms with Crippen molar-refractivity contribution in [3.63, 3.8) is 0 Å². The van der Waals surface area contributed by atoms with Gasteiger partial charge in [0.2, 0.25) is 0 Å². The number of anilines is 2. The topological polar surface area (TPSA) is 63.4 Å². The van der Waals surface area contributed by atoms with E-state index < -0.39 is 23.6 Å². The molecule has 2 amide bonds. The van der Waals surface area contributed by atoms with Crippen molar-refractivity contribution in [1.29, 1.82) is 0 Å². The van der Waals surface area contributed by atoms with Gasteiger partial charge in [0, 0.05) is 5.69 Å². The number of nitrogens with zero attached hydrogens (tertiary/aromatic N) is 1.